The van der Waals surface area contributed by atoms with E-state index in [-0.39, 0.29) is 35.8 Å². The van der Waals surface area contributed by atoms with E-state index in [9.17, 15) is 40.7 Å². The molecule has 3 unspecified atom stereocenters. The minimum atomic E-state index is -0.930. The molecule has 9 aromatic rings. The first-order valence-corrected chi connectivity index (χ1v) is 37.3. The highest BCUT2D eigenvalue weighted by Crippen LogP contribution is 2.34. The fourth-order valence-electron chi connectivity index (χ4n) is 12.8. The van der Waals surface area contributed by atoms with E-state index in [0.717, 1.165) is 148 Å². The van der Waals surface area contributed by atoms with E-state index >= 15 is 0 Å². The molecule has 3 aliphatic rings. The predicted molar refractivity (Wildman–Crippen MR) is 412 cm³/mol. The lowest BCUT2D eigenvalue weighted by Gasteiger charge is -2.28. The van der Waals surface area contributed by atoms with Gasteiger partial charge in [0.15, 0.2) is 34.9 Å². The van der Waals surface area contributed by atoms with E-state index in [1.54, 1.807) is 55.0 Å². The zero-order chi connectivity index (χ0) is 77.0. The molecule has 0 bridgehead atoms. The van der Waals surface area contributed by atoms with Crippen LogP contribution in [0.15, 0.2) is 110 Å². The Kier molecular flexibility index (Phi) is 28.9. The summed E-state index contributed by atoms with van der Waals surface area (Å²) >= 11 is 0. The monoisotopic (exact) mass is 1490 g/mol. The van der Waals surface area contributed by atoms with Crippen LogP contribution in [0.4, 0.5) is 60.9 Å². The lowest BCUT2D eigenvalue weighted by Crippen LogP contribution is -2.36. The molecular weight excluding hydrogens is 1390 g/mol. The summed E-state index contributed by atoms with van der Waals surface area (Å²) in [5.41, 5.74) is 8.68. The Morgan fingerprint density at radius 1 is 0.370 bits per heavy atom. The van der Waals surface area contributed by atoms with Crippen LogP contribution in [0.25, 0.3) is 33.1 Å². The highest BCUT2D eigenvalue weighted by atomic mass is 19.2. The van der Waals surface area contributed by atoms with Gasteiger partial charge in [0.05, 0.1) is 109 Å². The summed E-state index contributed by atoms with van der Waals surface area (Å²) in [4.78, 5) is 73.8. The minimum Gasteiger partial charge on any atom is -0.378 e. The molecule has 3 fully saturated rings. The summed E-state index contributed by atoms with van der Waals surface area (Å²) in [7, 11) is 0. The Labute approximate surface area is 627 Å². The zero-order valence-electron chi connectivity index (χ0n) is 62.9. The number of ether oxygens (including phenoxy) is 3. The maximum absolute atomic E-state index is 13.8. The molecule has 6 aromatic carbocycles. The van der Waals surface area contributed by atoms with Gasteiger partial charge in [-0.05, 0) is 150 Å². The Balaban J connectivity index is 0.000000173. The number of hydrogen-bond acceptors (Lipinski definition) is 18. The Morgan fingerprint density at radius 3 is 0.870 bits per heavy atom. The number of hydrogen-bond donors (Lipinski definition) is 6. The summed E-state index contributed by atoms with van der Waals surface area (Å²) in [5, 5.41) is 18.6. The number of nitrogens with one attached hydrogen (secondary N) is 6. The number of morpholine rings is 3. The average Bonchev–Trinajstić information content (AvgIpc) is 0.790. The number of anilines is 6. The Morgan fingerprint density at radius 2 is 0.630 bits per heavy atom. The number of rotatable bonds is 27. The first-order valence-electron chi connectivity index (χ1n) is 37.3. The third-order valence-corrected chi connectivity index (χ3v) is 18.8. The molecule has 6 heterocycles. The Hall–Kier alpha value is -9.99. The second-order valence-corrected chi connectivity index (χ2v) is 28.6. The van der Waals surface area contributed by atoms with Crippen LogP contribution in [0.5, 0.6) is 0 Å². The van der Waals surface area contributed by atoms with Gasteiger partial charge in [-0.1, -0.05) is 41.5 Å². The van der Waals surface area contributed by atoms with Crippen LogP contribution < -0.4 is 46.6 Å². The average molecular weight is 1490 g/mol. The van der Waals surface area contributed by atoms with E-state index in [0.29, 0.717) is 144 Å². The van der Waals surface area contributed by atoms with Crippen LogP contribution in [0.1, 0.15) is 167 Å². The number of amides is 3. The van der Waals surface area contributed by atoms with Crippen molar-refractivity contribution in [3.8, 4) is 0 Å². The maximum atomic E-state index is 13.8. The quantitative estimate of drug-likeness (QED) is 0.0207. The van der Waals surface area contributed by atoms with Crippen LogP contribution in [0.3, 0.4) is 0 Å². The van der Waals surface area contributed by atoms with Crippen LogP contribution in [0.2, 0.25) is 0 Å². The summed E-state index contributed by atoms with van der Waals surface area (Å²) in [6.07, 6.45) is 11.0. The number of halogens is 6. The Bertz CT molecular complexity index is 4090. The summed E-state index contributed by atoms with van der Waals surface area (Å²) in [5.74, 6) is -2.11. The van der Waals surface area contributed by atoms with Gasteiger partial charge in [0.1, 0.15) is 17.5 Å². The van der Waals surface area contributed by atoms with Crippen molar-refractivity contribution in [3.63, 3.8) is 0 Å². The normalized spacial score (nSPS) is 14.8. The van der Waals surface area contributed by atoms with Gasteiger partial charge in [0.25, 0.3) is 17.7 Å². The van der Waals surface area contributed by atoms with E-state index < -0.39 is 34.9 Å². The SMILES string of the molecule is CC(C)CCCNC(=O)c1cc(C(C)Nc2ccc(F)c(F)c2)c2nc(N3CCOCC3)cnc2c1.CC(C)CCCNC(=O)c1cc(C(C)Nc2ccc(F)c(F)c2)c2nc(N3CCOCC3)cnc2c1.CC(C)CCCNC(=O)c1cc(C(C)Nc2ccc(F)c(F)c2)c2nc(N3CCOCC3)cnc2c1. The molecular formula is C81H99F6N15O6. The molecule has 0 aliphatic carbocycles. The smallest absolute Gasteiger partial charge is 0.251 e. The summed E-state index contributed by atoms with van der Waals surface area (Å²) in [6.45, 7) is 28.4. The topological polar surface area (TPSA) is 238 Å². The molecule has 0 radical (unpaired) electrons. The number of benzene rings is 6. The number of carbonyl (C=O) groups is 3. The van der Waals surface area contributed by atoms with Gasteiger partial charge in [-0.3, -0.25) is 29.3 Å². The van der Waals surface area contributed by atoms with Gasteiger partial charge < -0.3 is 60.8 Å². The number of aromatic nitrogens is 6. The first kappa shape index (κ1) is 80.5. The van der Waals surface area contributed by atoms with Crippen LogP contribution in [0, 0.1) is 52.7 Å². The summed E-state index contributed by atoms with van der Waals surface area (Å²) < 4.78 is 98.0. The second kappa shape index (κ2) is 38.7. The molecule has 0 saturated carbocycles. The van der Waals surface area contributed by atoms with E-state index in [1.807, 2.05) is 20.8 Å². The van der Waals surface area contributed by atoms with Crippen molar-refractivity contribution in [1.82, 2.24) is 45.9 Å². The molecule has 3 atom stereocenters. The van der Waals surface area contributed by atoms with Gasteiger partial charge in [0, 0.05) is 128 Å². The third kappa shape index (κ3) is 22.3. The standard InChI is InChI=1S/3C27H33F2N5O2/c3*1-17(2)5-4-8-30-27(35)19-13-21(18(3)32-20-6-7-22(28)23(29)15-20)26-24(14-19)31-16-25(33-26)34-9-11-36-12-10-34/h3*6-7,13-18,32H,4-5,8-12H2,1-3H3,(H,30,35). The lowest BCUT2D eigenvalue weighted by atomic mass is 10.0. The molecule has 3 saturated heterocycles. The van der Waals surface area contributed by atoms with Gasteiger partial charge in [-0.25, -0.2) is 41.3 Å². The van der Waals surface area contributed by atoms with E-state index in [4.69, 9.17) is 29.2 Å². The van der Waals surface area contributed by atoms with Crippen molar-refractivity contribution in [3.05, 3.63) is 178 Å². The van der Waals surface area contributed by atoms with Crippen LogP contribution >= 0.6 is 0 Å². The number of carbonyl (C=O) groups excluding carboxylic acids is 3. The van der Waals surface area contributed by atoms with E-state index in [1.165, 1.54) is 18.2 Å². The predicted octanol–water partition coefficient (Wildman–Crippen LogP) is 15.3. The number of fused-ring (bicyclic) bond motifs is 3. The second-order valence-electron chi connectivity index (χ2n) is 28.6. The lowest BCUT2D eigenvalue weighted by molar-refractivity contribution is 0.0944. The van der Waals surface area contributed by atoms with Crippen molar-refractivity contribution in [2.75, 3.05) is 129 Å². The van der Waals surface area contributed by atoms with E-state index in [2.05, 4.69) is 103 Å². The fourth-order valence-corrected chi connectivity index (χ4v) is 12.8. The highest BCUT2D eigenvalue weighted by Gasteiger charge is 2.25. The molecule has 3 aromatic heterocycles. The largest absolute Gasteiger partial charge is 0.378 e. The zero-order valence-corrected chi connectivity index (χ0v) is 62.9. The molecule has 6 N–H and O–H groups in total. The molecule has 27 heteroatoms. The fraction of sp³-hybridized carbons (Fsp3) is 0.444. The van der Waals surface area contributed by atoms with Gasteiger partial charge in [-0.2, -0.15) is 0 Å². The van der Waals surface area contributed by atoms with Gasteiger partial charge in [-0.15, -0.1) is 0 Å². The van der Waals surface area contributed by atoms with Crippen LogP contribution in [-0.4, -0.2) is 146 Å². The van der Waals surface area contributed by atoms with Crippen molar-refractivity contribution < 1.29 is 54.9 Å². The summed E-state index contributed by atoms with van der Waals surface area (Å²) in [6, 6.07) is 20.6. The maximum Gasteiger partial charge on any atom is 0.251 e. The molecule has 108 heavy (non-hydrogen) atoms. The molecule has 3 amide bonds. The molecule has 21 nitrogen and oxygen atoms in total. The molecule has 12 rings (SSSR count). The minimum absolute atomic E-state index is 0.180. The van der Waals surface area contributed by atoms with Crippen molar-refractivity contribution in [2.24, 2.45) is 17.8 Å². The van der Waals surface area contributed by atoms with Crippen molar-refractivity contribution >= 4 is 85.3 Å². The first-order chi connectivity index (χ1) is 51.9. The molecule has 3 aliphatic heterocycles. The highest BCUT2D eigenvalue weighted by molar-refractivity contribution is 6.00. The number of nitrogens with zero attached hydrogens (tertiary/aromatic N) is 9. The third-order valence-electron chi connectivity index (χ3n) is 18.8. The van der Waals surface area contributed by atoms with Gasteiger partial charge in [0.2, 0.25) is 0 Å². The van der Waals surface area contributed by atoms with Crippen molar-refractivity contribution in [2.45, 2.75) is 119 Å². The molecule has 576 valence electrons. The van der Waals surface area contributed by atoms with Crippen LogP contribution in [-0.2, 0) is 14.2 Å². The van der Waals surface area contributed by atoms with Gasteiger partial charge >= 0.3 is 0 Å². The molecule has 0 spiro atoms. The van der Waals surface area contributed by atoms with Crippen molar-refractivity contribution in [1.29, 1.82) is 0 Å².